The standard InChI is InChI=1S/C22H30N2O4S/c1-27-17-5-13-29-18(17)14-23-11-8-20(19-4-2-3-10-24-19)9-12-28-21(15-20)6-7-22(25,26)16-21/h2-5,10,13,23,25-26H,6-9,11-12,14-16H2,1H3/t20-,21?/m1/s1. The molecule has 1 saturated carbocycles. The van der Waals surface area contributed by atoms with Crippen LogP contribution in [0.3, 0.4) is 0 Å². The van der Waals surface area contributed by atoms with Crippen LogP contribution in [0.4, 0.5) is 0 Å². The highest BCUT2D eigenvalue weighted by Gasteiger charge is 2.54. The summed E-state index contributed by atoms with van der Waals surface area (Å²) in [4.78, 5) is 5.89. The maximum atomic E-state index is 10.2. The first-order valence-electron chi connectivity index (χ1n) is 10.3. The number of aliphatic hydroxyl groups is 2. The first-order valence-corrected chi connectivity index (χ1v) is 11.2. The molecule has 0 amide bonds. The van der Waals surface area contributed by atoms with Gasteiger partial charge in [-0.15, -0.1) is 11.3 Å². The van der Waals surface area contributed by atoms with Crippen molar-refractivity contribution >= 4 is 11.3 Å². The van der Waals surface area contributed by atoms with Gasteiger partial charge in [-0.3, -0.25) is 4.98 Å². The minimum atomic E-state index is -1.62. The van der Waals surface area contributed by atoms with Crippen molar-refractivity contribution in [3.63, 3.8) is 0 Å². The van der Waals surface area contributed by atoms with Gasteiger partial charge in [0.05, 0.1) is 17.6 Å². The molecule has 2 aromatic heterocycles. The molecule has 0 bridgehead atoms. The SMILES string of the molecule is COc1ccsc1CNCC[C@@]1(c2ccccn2)CCOC2(CCC(O)(O)C2)C1. The Bertz CT molecular complexity index is 812. The number of nitrogens with zero attached hydrogens (tertiary/aromatic N) is 1. The van der Waals surface area contributed by atoms with Gasteiger partial charge in [-0.2, -0.15) is 0 Å². The Morgan fingerprint density at radius 3 is 2.83 bits per heavy atom. The van der Waals surface area contributed by atoms with Gasteiger partial charge in [-0.1, -0.05) is 6.07 Å². The predicted octanol–water partition coefficient (Wildman–Crippen LogP) is 2.98. The lowest BCUT2D eigenvalue weighted by Crippen LogP contribution is -2.48. The van der Waals surface area contributed by atoms with Gasteiger partial charge in [-0.05, 0) is 55.8 Å². The molecule has 158 valence electrons. The molecule has 1 aliphatic carbocycles. The number of hydrogen-bond acceptors (Lipinski definition) is 7. The summed E-state index contributed by atoms with van der Waals surface area (Å²) in [5.74, 6) is -0.693. The number of methoxy groups -OCH3 is 1. The van der Waals surface area contributed by atoms with Crippen molar-refractivity contribution < 1.29 is 19.7 Å². The second-order valence-corrected chi connectivity index (χ2v) is 9.45. The normalized spacial score (nSPS) is 28.7. The number of rotatable bonds is 7. The number of hydrogen-bond donors (Lipinski definition) is 3. The van der Waals surface area contributed by atoms with E-state index in [1.165, 1.54) is 4.88 Å². The van der Waals surface area contributed by atoms with Crippen LogP contribution in [0.1, 0.15) is 49.1 Å². The zero-order valence-corrected chi connectivity index (χ0v) is 17.7. The van der Waals surface area contributed by atoms with Gasteiger partial charge in [0, 0.05) is 43.3 Å². The smallest absolute Gasteiger partial charge is 0.165 e. The van der Waals surface area contributed by atoms with Crippen LogP contribution >= 0.6 is 11.3 Å². The number of ether oxygens (including phenoxy) is 2. The summed E-state index contributed by atoms with van der Waals surface area (Å²) in [5, 5.41) is 25.9. The lowest BCUT2D eigenvalue weighted by atomic mass is 9.68. The molecule has 0 radical (unpaired) electrons. The molecular formula is C22H30N2O4S. The van der Waals surface area contributed by atoms with Gasteiger partial charge in [-0.25, -0.2) is 0 Å². The molecule has 1 saturated heterocycles. The number of aromatic nitrogens is 1. The maximum absolute atomic E-state index is 10.2. The second kappa shape index (κ2) is 8.32. The molecule has 2 aliphatic rings. The lowest BCUT2D eigenvalue weighted by molar-refractivity contribution is -0.182. The Labute approximate surface area is 175 Å². The fraction of sp³-hybridized carbons (Fsp3) is 0.591. The molecular weight excluding hydrogens is 388 g/mol. The van der Waals surface area contributed by atoms with E-state index in [1.54, 1.807) is 18.4 Å². The molecule has 3 heterocycles. The summed E-state index contributed by atoms with van der Waals surface area (Å²) in [5.41, 5.74) is 0.467. The number of nitrogens with one attached hydrogen (secondary N) is 1. The Kier molecular flexibility index (Phi) is 5.95. The zero-order valence-electron chi connectivity index (χ0n) is 16.9. The molecule has 4 rings (SSSR count). The summed E-state index contributed by atoms with van der Waals surface area (Å²) >= 11 is 1.70. The van der Waals surface area contributed by atoms with E-state index < -0.39 is 11.4 Å². The topological polar surface area (TPSA) is 83.8 Å². The maximum Gasteiger partial charge on any atom is 0.165 e. The van der Waals surface area contributed by atoms with E-state index in [0.717, 1.165) is 43.8 Å². The van der Waals surface area contributed by atoms with E-state index in [9.17, 15) is 10.2 Å². The molecule has 2 atom stereocenters. The van der Waals surface area contributed by atoms with Crippen LogP contribution in [0, 0.1) is 0 Å². The third-order valence-electron chi connectivity index (χ3n) is 6.43. The highest BCUT2D eigenvalue weighted by Crippen LogP contribution is 2.51. The van der Waals surface area contributed by atoms with Crippen LogP contribution in [-0.4, -0.2) is 46.8 Å². The number of thiophene rings is 1. The van der Waals surface area contributed by atoms with E-state index in [0.29, 0.717) is 19.4 Å². The Hall–Kier alpha value is -1.51. The summed E-state index contributed by atoms with van der Waals surface area (Å²) in [6.07, 6.45) is 5.74. The van der Waals surface area contributed by atoms with Crippen molar-refractivity contribution in [2.24, 2.45) is 0 Å². The molecule has 6 nitrogen and oxygen atoms in total. The van der Waals surface area contributed by atoms with Crippen molar-refractivity contribution in [2.45, 2.75) is 61.9 Å². The molecule has 1 spiro atoms. The van der Waals surface area contributed by atoms with Gasteiger partial charge in [0.2, 0.25) is 0 Å². The van der Waals surface area contributed by atoms with Gasteiger partial charge in [0.25, 0.3) is 0 Å². The summed E-state index contributed by atoms with van der Waals surface area (Å²) < 4.78 is 11.6. The minimum Gasteiger partial charge on any atom is -0.496 e. The van der Waals surface area contributed by atoms with E-state index in [1.807, 2.05) is 29.8 Å². The van der Waals surface area contributed by atoms with Crippen LogP contribution in [0.25, 0.3) is 0 Å². The largest absolute Gasteiger partial charge is 0.496 e. The molecule has 29 heavy (non-hydrogen) atoms. The third kappa shape index (κ3) is 4.49. The summed E-state index contributed by atoms with van der Waals surface area (Å²) in [7, 11) is 1.70. The van der Waals surface area contributed by atoms with E-state index in [2.05, 4.69) is 11.4 Å². The molecule has 1 aliphatic heterocycles. The van der Waals surface area contributed by atoms with Crippen molar-refractivity contribution in [1.29, 1.82) is 0 Å². The fourth-order valence-corrected chi connectivity index (χ4v) is 5.83. The van der Waals surface area contributed by atoms with Crippen molar-refractivity contribution in [2.75, 3.05) is 20.3 Å². The first-order chi connectivity index (χ1) is 14.0. The van der Waals surface area contributed by atoms with Gasteiger partial charge < -0.3 is 25.0 Å². The highest BCUT2D eigenvalue weighted by molar-refractivity contribution is 7.10. The molecule has 1 unspecified atom stereocenters. The van der Waals surface area contributed by atoms with Crippen LogP contribution in [0.2, 0.25) is 0 Å². The van der Waals surface area contributed by atoms with E-state index in [4.69, 9.17) is 14.5 Å². The van der Waals surface area contributed by atoms with Gasteiger partial charge in [0.15, 0.2) is 5.79 Å². The van der Waals surface area contributed by atoms with Crippen LogP contribution in [-0.2, 0) is 16.7 Å². The fourth-order valence-electron chi connectivity index (χ4n) is 5.02. The molecule has 0 aromatic carbocycles. The Balaban J connectivity index is 1.48. The second-order valence-electron chi connectivity index (χ2n) is 8.45. The lowest BCUT2D eigenvalue weighted by Gasteiger charge is -2.46. The molecule has 7 heteroatoms. The Morgan fingerprint density at radius 2 is 2.10 bits per heavy atom. The quantitative estimate of drug-likeness (QED) is 0.474. The van der Waals surface area contributed by atoms with Crippen LogP contribution < -0.4 is 10.1 Å². The van der Waals surface area contributed by atoms with E-state index >= 15 is 0 Å². The van der Waals surface area contributed by atoms with Crippen LogP contribution in [0.5, 0.6) is 5.75 Å². The molecule has 2 aromatic rings. The average molecular weight is 419 g/mol. The summed E-state index contributed by atoms with van der Waals surface area (Å²) in [6, 6.07) is 8.07. The first kappa shape index (κ1) is 20.8. The summed E-state index contributed by atoms with van der Waals surface area (Å²) in [6.45, 7) is 2.24. The third-order valence-corrected chi connectivity index (χ3v) is 7.34. The highest BCUT2D eigenvalue weighted by atomic mass is 32.1. The predicted molar refractivity (Wildman–Crippen MR) is 112 cm³/mol. The zero-order chi connectivity index (χ0) is 20.4. The molecule has 3 N–H and O–H groups in total. The number of pyridine rings is 1. The van der Waals surface area contributed by atoms with Crippen molar-refractivity contribution in [3.8, 4) is 5.75 Å². The minimum absolute atomic E-state index is 0.132. The Morgan fingerprint density at radius 1 is 1.21 bits per heavy atom. The van der Waals surface area contributed by atoms with Crippen molar-refractivity contribution in [3.05, 3.63) is 46.4 Å². The van der Waals surface area contributed by atoms with Gasteiger partial charge in [0.1, 0.15) is 5.75 Å². The average Bonchev–Trinajstić information content (AvgIpc) is 3.29. The molecule has 2 fully saturated rings. The van der Waals surface area contributed by atoms with E-state index in [-0.39, 0.29) is 11.8 Å². The van der Waals surface area contributed by atoms with Gasteiger partial charge >= 0.3 is 0 Å². The van der Waals surface area contributed by atoms with Crippen molar-refractivity contribution in [1.82, 2.24) is 10.3 Å². The monoisotopic (exact) mass is 418 g/mol. The van der Waals surface area contributed by atoms with Crippen LogP contribution in [0.15, 0.2) is 35.8 Å².